The second kappa shape index (κ2) is 7.64. The van der Waals surface area contributed by atoms with E-state index in [9.17, 15) is 5.26 Å². The summed E-state index contributed by atoms with van der Waals surface area (Å²) in [7, 11) is 0. The Bertz CT molecular complexity index is 983. The standard InChI is InChI=1S/C20H16BrN3S/c1-13-6-7-15(8-14(13)2)19-12-25-20(24-19)16(10-22)11-23-18-5-3-4-17(21)9-18/h3-9,11-12,23H,1-2H3. The highest BCUT2D eigenvalue weighted by atomic mass is 79.9. The smallest absolute Gasteiger partial charge is 0.136 e. The molecule has 0 aliphatic rings. The minimum Gasteiger partial charge on any atom is -0.360 e. The number of allylic oxidation sites excluding steroid dienone is 1. The predicted octanol–water partition coefficient (Wildman–Crippen LogP) is 6.17. The van der Waals surface area contributed by atoms with Gasteiger partial charge in [0.05, 0.1) is 5.69 Å². The Labute approximate surface area is 159 Å². The largest absolute Gasteiger partial charge is 0.360 e. The molecule has 0 atom stereocenters. The first-order valence-electron chi connectivity index (χ1n) is 7.73. The van der Waals surface area contributed by atoms with Crippen molar-refractivity contribution in [3.8, 4) is 17.3 Å². The Hall–Kier alpha value is -2.42. The normalized spacial score (nSPS) is 11.2. The molecule has 124 valence electrons. The van der Waals surface area contributed by atoms with Gasteiger partial charge in [-0.2, -0.15) is 5.26 Å². The number of anilines is 1. The zero-order valence-corrected chi connectivity index (χ0v) is 16.3. The van der Waals surface area contributed by atoms with Crippen molar-refractivity contribution in [2.75, 3.05) is 5.32 Å². The molecule has 0 bridgehead atoms. The van der Waals surface area contributed by atoms with Crippen LogP contribution >= 0.6 is 27.3 Å². The van der Waals surface area contributed by atoms with Crippen molar-refractivity contribution in [2.45, 2.75) is 13.8 Å². The molecule has 25 heavy (non-hydrogen) atoms. The van der Waals surface area contributed by atoms with E-state index in [1.54, 1.807) is 6.20 Å². The third-order valence-electron chi connectivity index (χ3n) is 3.87. The number of hydrogen-bond donors (Lipinski definition) is 1. The van der Waals surface area contributed by atoms with E-state index < -0.39 is 0 Å². The highest BCUT2D eigenvalue weighted by Gasteiger charge is 2.09. The molecule has 0 amide bonds. The molecular formula is C20H16BrN3S. The zero-order valence-electron chi connectivity index (χ0n) is 13.9. The predicted molar refractivity (Wildman–Crippen MR) is 108 cm³/mol. The van der Waals surface area contributed by atoms with Gasteiger partial charge in [-0.3, -0.25) is 0 Å². The van der Waals surface area contributed by atoms with Gasteiger partial charge in [-0.1, -0.05) is 34.1 Å². The SMILES string of the molecule is Cc1ccc(-c2csc(C(C#N)=CNc3cccc(Br)c3)n2)cc1C. The summed E-state index contributed by atoms with van der Waals surface area (Å²) in [6.07, 6.45) is 1.70. The lowest BCUT2D eigenvalue weighted by Crippen LogP contribution is -1.91. The van der Waals surface area contributed by atoms with Crippen LogP contribution in [0.1, 0.15) is 16.1 Å². The quantitative estimate of drug-likeness (QED) is 0.524. The van der Waals surface area contributed by atoms with Crippen LogP contribution in [0.25, 0.3) is 16.8 Å². The Morgan fingerprint density at radius 1 is 1.20 bits per heavy atom. The van der Waals surface area contributed by atoms with E-state index in [-0.39, 0.29) is 0 Å². The molecule has 0 fully saturated rings. The monoisotopic (exact) mass is 409 g/mol. The fourth-order valence-electron chi connectivity index (χ4n) is 2.31. The minimum atomic E-state index is 0.514. The summed E-state index contributed by atoms with van der Waals surface area (Å²) in [4.78, 5) is 4.63. The maximum absolute atomic E-state index is 9.47. The number of halogens is 1. The second-order valence-corrected chi connectivity index (χ2v) is 7.44. The molecule has 3 nitrogen and oxygen atoms in total. The third kappa shape index (κ3) is 4.16. The summed E-state index contributed by atoms with van der Waals surface area (Å²) in [5.41, 5.74) is 5.89. The molecule has 3 rings (SSSR count). The average Bonchev–Trinajstić information content (AvgIpc) is 3.08. The Kier molecular flexibility index (Phi) is 5.32. The first-order valence-corrected chi connectivity index (χ1v) is 9.40. The number of thiazole rings is 1. The molecule has 1 aromatic heterocycles. The molecule has 0 aliphatic heterocycles. The van der Waals surface area contributed by atoms with E-state index in [0.29, 0.717) is 10.6 Å². The number of nitrogens with zero attached hydrogens (tertiary/aromatic N) is 2. The number of hydrogen-bond acceptors (Lipinski definition) is 4. The third-order valence-corrected chi connectivity index (χ3v) is 5.23. The van der Waals surface area contributed by atoms with Gasteiger partial charge in [-0.25, -0.2) is 4.98 Å². The zero-order chi connectivity index (χ0) is 17.8. The summed E-state index contributed by atoms with van der Waals surface area (Å²) >= 11 is 4.91. The topological polar surface area (TPSA) is 48.7 Å². The van der Waals surface area contributed by atoms with Gasteiger partial charge in [0, 0.05) is 27.3 Å². The van der Waals surface area contributed by atoms with Gasteiger partial charge in [0.15, 0.2) is 0 Å². The number of rotatable bonds is 4. The van der Waals surface area contributed by atoms with Crippen molar-refractivity contribution in [1.29, 1.82) is 5.26 Å². The van der Waals surface area contributed by atoms with Crippen LogP contribution in [0, 0.1) is 25.2 Å². The molecule has 5 heteroatoms. The molecule has 2 aromatic carbocycles. The molecular weight excluding hydrogens is 394 g/mol. The van der Waals surface area contributed by atoms with Crippen molar-refractivity contribution in [2.24, 2.45) is 0 Å². The summed E-state index contributed by atoms with van der Waals surface area (Å²) in [5.74, 6) is 0. The van der Waals surface area contributed by atoms with Crippen LogP contribution in [0.3, 0.4) is 0 Å². The fourth-order valence-corrected chi connectivity index (χ4v) is 3.50. The lowest BCUT2D eigenvalue weighted by atomic mass is 10.1. The Morgan fingerprint density at radius 3 is 2.76 bits per heavy atom. The van der Waals surface area contributed by atoms with E-state index in [2.05, 4.69) is 64.3 Å². The van der Waals surface area contributed by atoms with Crippen molar-refractivity contribution in [3.63, 3.8) is 0 Å². The van der Waals surface area contributed by atoms with E-state index in [1.807, 2.05) is 29.6 Å². The van der Waals surface area contributed by atoms with Crippen LogP contribution < -0.4 is 5.32 Å². The van der Waals surface area contributed by atoms with Gasteiger partial charge in [-0.15, -0.1) is 11.3 Å². The van der Waals surface area contributed by atoms with Gasteiger partial charge >= 0.3 is 0 Å². The Balaban J connectivity index is 1.85. The van der Waals surface area contributed by atoms with Gasteiger partial charge in [0.1, 0.15) is 16.6 Å². The molecule has 0 radical (unpaired) electrons. The number of aromatic nitrogens is 1. The van der Waals surface area contributed by atoms with Crippen LogP contribution in [0.15, 0.2) is 58.5 Å². The van der Waals surface area contributed by atoms with E-state index in [1.165, 1.54) is 22.5 Å². The van der Waals surface area contributed by atoms with E-state index in [4.69, 9.17) is 0 Å². The van der Waals surface area contributed by atoms with Crippen molar-refractivity contribution < 1.29 is 0 Å². The van der Waals surface area contributed by atoms with Crippen molar-refractivity contribution in [3.05, 3.63) is 74.7 Å². The lowest BCUT2D eigenvalue weighted by molar-refractivity contribution is 1.31. The van der Waals surface area contributed by atoms with Crippen molar-refractivity contribution in [1.82, 2.24) is 4.98 Å². The number of aryl methyl sites for hydroxylation is 2. The number of nitrogens with one attached hydrogen (secondary N) is 1. The molecule has 1 heterocycles. The minimum absolute atomic E-state index is 0.514. The highest BCUT2D eigenvalue weighted by Crippen LogP contribution is 2.27. The van der Waals surface area contributed by atoms with Crippen LogP contribution in [0.4, 0.5) is 5.69 Å². The highest BCUT2D eigenvalue weighted by molar-refractivity contribution is 9.10. The maximum Gasteiger partial charge on any atom is 0.136 e. The second-order valence-electron chi connectivity index (χ2n) is 5.66. The van der Waals surface area contributed by atoms with Crippen molar-refractivity contribution >= 4 is 38.5 Å². The lowest BCUT2D eigenvalue weighted by Gasteiger charge is -2.03. The van der Waals surface area contributed by atoms with Crippen LogP contribution in [0.5, 0.6) is 0 Å². The fraction of sp³-hybridized carbons (Fsp3) is 0.100. The molecule has 0 spiro atoms. The summed E-state index contributed by atoms with van der Waals surface area (Å²) in [5, 5.41) is 15.3. The van der Waals surface area contributed by atoms with Crippen LogP contribution in [-0.2, 0) is 0 Å². The summed E-state index contributed by atoms with van der Waals surface area (Å²) < 4.78 is 0.982. The molecule has 1 N–H and O–H groups in total. The molecule has 0 saturated heterocycles. The molecule has 3 aromatic rings. The van der Waals surface area contributed by atoms with E-state index in [0.717, 1.165) is 21.4 Å². The summed E-state index contributed by atoms with van der Waals surface area (Å²) in [6, 6.07) is 16.3. The molecule has 0 unspecified atom stereocenters. The van der Waals surface area contributed by atoms with Gasteiger partial charge in [0.2, 0.25) is 0 Å². The van der Waals surface area contributed by atoms with Gasteiger partial charge in [0.25, 0.3) is 0 Å². The van der Waals surface area contributed by atoms with Gasteiger partial charge < -0.3 is 5.32 Å². The Morgan fingerprint density at radius 2 is 2.04 bits per heavy atom. The first kappa shape index (κ1) is 17.4. The van der Waals surface area contributed by atoms with Crippen LogP contribution in [0.2, 0.25) is 0 Å². The average molecular weight is 410 g/mol. The number of nitriles is 1. The number of benzene rings is 2. The van der Waals surface area contributed by atoms with Gasteiger partial charge in [-0.05, 0) is 49.2 Å². The molecule has 0 saturated carbocycles. The molecule has 0 aliphatic carbocycles. The first-order chi connectivity index (χ1) is 12.1. The van der Waals surface area contributed by atoms with E-state index >= 15 is 0 Å². The summed E-state index contributed by atoms with van der Waals surface area (Å²) in [6.45, 7) is 4.18. The maximum atomic E-state index is 9.47. The van der Waals surface area contributed by atoms with Crippen LogP contribution in [-0.4, -0.2) is 4.98 Å².